The van der Waals surface area contributed by atoms with Gasteiger partial charge in [0.15, 0.2) is 14.6 Å². The number of rotatable bonds is 9. The third-order valence-electron chi connectivity index (χ3n) is 5.95. The van der Waals surface area contributed by atoms with Gasteiger partial charge in [-0.05, 0) is 62.1 Å². The number of sulfone groups is 1. The molecule has 36 heavy (non-hydrogen) atoms. The summed E-state index contributed by atoms with van der Waals surface area (Å²) in [6.45, 7) is 5.24. The summed E-state index contributed by atoms with van der Waals surface area (Å²) in [4.78, 5) is 17.0. The van der Waals surface area contributed by atoms with Crippen LogP contribution in [0.25, 0.3) is 0 Å². The lowest BCUT2D eigenvalue weighted by Gasteiger charge is -2.28. The van der Waals surface area contributed by atoms with Crippen molar-refractivity contribution >= 4 is 38.2 Å². The molecule has 0 bridgehead atoms. The van der Waals surface area contributed by atoms with Gasteiger partial charge in [-0.2, -0.15) is 13.2 Å². The first-order valence-corrected chi connectivity index (χ1v) is 13.6. The van der Waals surface area contributed by atoms with Crippen molar-refractivity contribution in [3.8, 4) is 0 Å². The number of alkyl halides is 3. The van der Waals surface area contributed by atoms with Crippen molar-refractivity contribution in [2.24, 2.45) is 4.99 Å². The second-order valence-corrected chi connectivity index (χ2v) is 11.9. The van der Waals surface area contributed by atoms with E-state index in [1.807, 2.05) is 6.92 Å². The first kappa shape index (κ1) is 28.2. The molecule has 3 rings (SSSR count). The Kier molecular flexibility index (Phi) is 8.54. The number of carbonyl (C=O) groups excluding carboxylic acids is 1. The zero-order valence-electron chi connectivity index (χ0n) is 20.0. The molecule has 0 saturated heterocycles. The van der Waals surface area contributed by atoms with Gasteiger partial charge < -0.3 is 4.74 Å². The van der Waals surface area contributed by atoms with E-state index in [0.717, 1.165) is 18.6 Å². The smallest absolute Gasteiger partial charge is 0.381 e. The standard InChI is InChI=1S/C24H27F3N2O5S2/c1-4-10-34-11-9-23(3,22(30)29-31)36(32,33)19-12-15(2)20-17(13-19)14-35-21(28-20)16-5-7-18(8-6-16)24(25,26)27/h5-8,12-13,31H,4,9-11,14H2,1-3H3,(H,29,30). The summed E-state index contributed by atoms with van der Waals surface area (Å²) in [6, 6.07) is 7.56. The number of hydrogen-bond acceptors (Lipinski definition) is 7. The van der Waals surface area contributed by atoms with Crippen LogP contribution in [0.4, 0.5) is 18.9 Å². The molecule has 1 atom stereocenters. The van der Waals surface area contributed by atoms with Crippen LogP contribution in [0.2, 0.25) is 0 Å². The van der Waals surface area contributed by atoms with Gasteiger partial charge >= 0.3 is 6.18 Å². The first-order valence-electron chi connectivity index (χ1n) is 11.1. The Hall–Kier alpha value is -2.41. The Balaban J connectivity index is 1.96. The number of amides is 1. The molecular weight excluding hydrogens is 517 g/mol. The van der Waals surface area contributed by atoms with Crippen molar-refractivity contribution in [3.05, 3.63) is 58.7 Å². The number of aryl methyl sites for hydroxylation is 1. The number of carbonyl (C=O) groups is 1. The summed E-state index contributed by atoms with van der Waals surface area (Å²) in [6.07, 6.45) is -3.87. The Labute approximate surface area is 212 Å². The average Bonchev–Trinajstić information content (AvgIpc) is 2.85. The summed E-state index contributed by atoms with van der Waals surface area (Å²) >= 11 is 1.27. The van der Waals surface area contributed by atoms with E-state index in [1.165, 1.54) is 48.4 Å². The van der Waals surface area contributed by atoms with Crippen LogP contribution in [0.5, 0.6) is 0 Å². The molecule has 0 fully saturated rings. The minimum Gasteiger partial charge on any atom is -0.381 e. The van der Waals surface area contributed by atoms with Gasteiger partial charge in [0.25, 0.3) is 5.91 Å². The summed E-state index contributed by atoms with van der Waals surface area (Å²) in [5.41, 5.74) is 2.91. The van der Waals surface area contributed by atoms with Gasteiger partial charge in [-0.3, -0.25) is 10.0 Å². The van der Waals surface area contributed by atoms with Crippen LogP contribution < -0.4 is 5.48 Å². The number of nitrogens with one attached hydrogen (secondary N) is 1. The maximum atomic E-state index is 13.6. The van der Waals surface area contributed by atoms with E-state index in [9.17, 15) is 31.6 Å². The van der Waals surface area contributed by atoms with Crippen molar-refractivity contribution < 1.29 is 36.3 Å². The molecule has 2 aromatic carbocycles. The molecule has 1 unspecified atom stereocenters. The van der Waals surface area contributed by atoms with Crippen molar-refractivity contribution in [2.75, 3.05) is 13.2 Å². The van der Waals surface area contributed by atoms with Crippen LogP contribution in [-0.2, 0) is 31.3 Å². The molecule has 1 amide bonds. The van der Waals surface area contributed by atoms with E-state index in [-0.39, 0.29) is 17.9 Å². The van der Waals surface area contributed by atoms with Crippen LogP contribution in [0, 0.1) is 6.92 Å². The lowest BCUT2D eigenvalue weighted by molar-refractivity contribution is -0.137. The maximum absolute atomic E-state index is 13.6. The lowest BCUT2D eigenvalue weighted by Crippen LogP contribution is -2.50. The number of ether oxygens (including phenoxy) is 1. The Bertz CT molecular complexity index is 1260. The molecule has 7 nitrogen and oxygen atoms in total. The van der Waals surface area contributed by atoms with Crippen LogP contribution >= 0.6 is 11.8 Å². The minimum absolute atomic E-state index is 0.0115. The summed E-state index contributed by atoms with van der Waals surface area (Å²) in [5, 5.41) is 9.76. The molecule has 12 heteroatoms. The number of nitrogens with zero attached hydrogens (tertiary/aromatic N) is 1. The third-order valence-corrected chi connectivity index (χ3v) is 9.43. The highest BCUT2D eigenvalue weighted by Crippen LogP contribution is 2.40. The van der Waals surface area contributed by atoms with Gasteiger partial charge in [0.2, 0.25) is 0 Å². The number of hydrogen-bond donors (Lipinski definition) is 2. The molecule has 0 spiro atoms. The van der Waals surface area contributed by atoms with Crippen LogP contribution in [0.1, 0.15) is 48.9 Å². The lowest BCUT2D eigenvalue weighted by atomic mass is 10.1. The molecule has 2 aromatic rings. The third kappa shape index (κ3) is 5.61. The molecular formula is C24H27F3N2O5S2. The molecule has 1 heterocycles. The summed E-state index contributed by atoms with van der Waals surface area (Å²) < 4.78 is 69.2. The number of fused-ring (bicyclic) bond motifs is 1. The Morgan fingerprint density at radius 1 is 1.19 bits per heavy atom. The van der Waals surface area contributed by atoms with Crippen LogP contribution in [0.15, 0.2) is 46.3 Å². The fourth-order valence-electron chi connectivity index (χ4n) is 3.73. The Morgan fingerprint density at radius 2 is 1.86 bits per heavy atom. The highest BCUT2D eigenvalue weighted by atomic mass is 32.2. The quantitative estimate of drug-likeness (QED) is 0.256. The van der Waals surface area contributed by atoms with E-state index < -0.39 is 32.2 Å². The zero-order valence-corrected chi connectivity index (χ0v) is 21.6. The molecule has 1 aliphatic rings. The van der Waals surface area contributed by atoms with Crippen molar-refractivity contribution in [1.82, 2.24) is 5.48 Å². The van der Waals surface area contributed by atoms with Gasteiger partial charge in [0.1, 0.15) is 5.04 Å². The SMILES string of the molecule is CCCOCCC(C)(C(=O)NO)S(=O)(=O)c1cc(C)c2c(c1)CSC(c1ccc(C(F)(F)F)cc1)=N2. The van der Waals surface area contributed by atoms with Gasteiger partial charge in [0, 0.05) is 24.5 Å². The average molecular weight is 545 g/mol. The fourth-order valence-corrected chi connectivity index (χ4v) is 6.50. The van der Waals surface area contributed by atoms with E-state index >= 15 is 0 Å². The molecule has 196 valence electrons. The molecule has 1 aliphatic heterocycles. The van der Waals surface area contributed by atoms with Crippen molar-refractivity contribution in [3.63, 3.8) is 0 Å². The van der Waals surface area contributed by atoms with Gasteiger partial charge in [-0.1, -0.05) is 19.1 Å². The first-order chi connectivity index (χ1) is 16.8. The Morgan fingerprint density at radius 3 is 2.44 bits per heavy atom. The van der Waals surface area contributed by atoms with E-state index in [4.69, 9.17) is 4.74 Å². The monoisotopic (exact) mass is 544 g/mol. The van der Waals surface area contributed by atoms with E-state index in [1.54, 1.807) is 6.92 Å². The van der Waals surface area contributed by atoms with Crippen molar-refractivity contribution in [2.45, 2.75) is 55.2 Å². The van der Waals surface area contributed by atoms with E-state index in [0.29, 0.717) is 39.8 Å². The largest absolute Gasteiger partial charge is 0.416 e. The minimum atomic E-state index is -4.44. The highest BCUT2D eigenvalue weighted by molar-refractivity contribution is 8.13. The number of thioether (sulfide) groups is 1. The fraction of sp³-hybridized carbons (Fsp3) is 0.417. The molecule has 0 aromatic heterocycles. The van der Waals surface area contributed by atoms with E-state index in [2.05, 4.69) is 4.99 Å². The number of halogens is 3. The van der Waals surface area contributed by atoms with Crippen molar-refractivity contribution in [1.29, 1.82) is 0 Å². The molecule has 0 radical (unpaired) electrons. The normalized spacial score (nSPS) is 15.6. The predicted octanol–water partition coefficient (Wildman–Crippen LogP) is 5.19. The second kappa shape index (κ2) is 10.9. The molecule has 0 saturated carbocycles. The van der Waals surface area contributed by atoms with Gasteiger partial charge in [-0.25, -0.2) is 18.9 Å². The topological polar surface area (TPSA) is 105 Å². The van der Waals surface area contributed by atoms with Crippen LogP contribution in [0.3, 0.4) is 0 Å². The summed E-state index contributed by atoms with van der Waals surface area (Å²) in [7, 11) is -4.26. The van der Waals surface area contributed by atoms with Gasteiger partial charge in [0.05, 0.1) is 16.1 Å². The second-order valence-electron chi connectivity index (χ2n) is 8.57. The number of aliphatic imine (C=N–C) groups is 1. The zero-order chi connectivity index (χ0) is 26.7. The molecule has 0 aliphatic carbocycles. The van der Waals surface area contributed by atoms with Crippen LogP contribution in [-0.4, -0.2) is 42.5 Å². The number of hydroxylamine groups is 1. The summed E-state index contributed by atoms with van der Waals surface area (Å²) in [5.74, 6) is -0.725. The maximum Gasteiger partial charge on any atom is 0.416 e. The predicted molar refractivity (Wildman–Crippen MR) is 131 cm³/mol. The number of benzene rings is 2. The van der Waals surface area contributed by atoms with Gasteiger partial charge in [-0.15, -0.1) is 11.8 Å². The molecule has 2 N–H and O–H groups in total. The highest BCUT2D eigenvalue weighted by Gasteiger charge is 2.47.